The van der Waals surface area contributed by atoms with E-state index in [-0.39, 0.29) is 15.6 Å². The summed E-state index contributed by atoms with van der Waals surface area (Å²) < 4.78 is 26.1. The van der Waals surface area contributed by atoms with Crippen LogP contribution in [0.3, 0.4) is 0 Å². The molecule has 0 saturated heterocycles. The third-order valence-corrected chi connectivity index (χ3v) is 2.54. The van der Waals surface area contributed by atoms with Gasteiger partial charge in [-0.3, -0.25) is 0 Å². The van der Waals surface area contributed by atoms with E-state index in [4.69, 9.17) is 34.0 Å². The monoisotopic (exact) mass is 255 g/mol. The summed E-state index contributed by atoms with van der Waals surface area (Å²) in [4.78, 5) is 0. The molecule has 3 N–H and O–H groups in total. The number of aliphatic hydroxyl groups is 1. The highest BCUT2D eigenvalue weighted by Crippen LogP contribution is 2.34. The Kier molecular flexibility index (Phi) is 3.89. The molecule has 15 heavy (non-hydrogen) atoms. The Hall–Kier alpha value is -0.420. The maximum absolute atomic E-state index is 13.1. The summed E-state index contributed by atoms with van der Waals surface area (Å²) >= 11 is 11.3. The second-order valence-corrected chi connectivity index (χ2v) is 3.91. The number of hydrogen-bond acceptors (Lipinski definition) is 2. The van der Waals surface area contributed by atoms with Crippen LogP contribution < -0.4 is 5.73 Å². The van der Waals surface area contributed by atoms with Crippen molar-refractivity contribution in [3.63, 3.8) is 0 Å². The lowest BCUT2D eigenvalue weighted by molar-refractivity contribution is -0.0711. The van der Waals surface area contributed by atoms with Gasteiger partial charge in [0.2, 0.25) is 0 Å². The zero-order chi connectivity index (χ0) is 11.6. The average Bonchev–Trinajstić information content (AvgIpc) is 2.20. The molecule has 1 aromatic carbocycles. The van der Waals surface area contributed by atoms with Crippen LogP contribution in [0.2, 0.25) is 10.0 Å². The number of aliphatic hydroxyl groups excluding tert-OH is 1. The maximum Gasteiger partial charge on any atom is 0.289 e. The summed E-state index contributed by atoms with van der Waals surface area (Å²) in [7, 11) is 0. The van der Waals surface area contributed by atoms with Crippen LogP contribution in [-0.2, 0) is 0 Å². The van der Waals surface area contributed by atoms with Crippen LogP contribution in [0, 0.1) is 0 Å². The molecule has 0 fully saturated rings. The third-order valence-electron chi connectivity index (χ3n) is 1.96. The SMILES string of the molecule is N[C@H](c1cc(Cl)ccc1Cl)C(F)(F)CO. The molecule has 0 aromatic heterocycles. The fourth-order valence-electron chi connectivity index (χ4n) is 1.08. The largest absolute Gasteiger partial charge is 0.390 e. The van der Waals surface area contributed by atoms with Crippen molar-refractivity contribution in [2.24, 2.45) is 5.73 Å². The first kappa shape index (κ1) is 12.6. The predicted octanol–water partition coefficient (Wildman–Crippen LogP) is 2.62. The van der Waals surface area contributed by atoms with E-state index in [0.29, 0.717) is 0 Å². The summed E-state index contributed by atoms with van der Waals surface area (Å²) in [6.45, 7) is -1.34. The summed E-state index contributed by atoms with van der Waals surface area (Å²) in [5.74, 6) is -3.42. The second-order valence-electron chi connectivity index (χ2n) is 3.06. The molecule has 1 rings (SSSR count). The van der Waals surface area contributed by atoms with Crippen molar-refractivity contribution in [2.45, 2.75) is 12.0 Å². The lowest BCUT2D eigenvalue weighted by Crippen LogP contribution is -2.36. The molecule has 0 heterocycles. The Bertz CT molecular complexity index is 360. The molecule has 0 radical (unpaired) electrons. The normalized spacial score (nSPS) is 14.0. The van der Waals surface area contributed by atoms with E-state index in [9.17, 15) is 8.78 Å². The number of nitrogens with two attached hydrogens (primary N) is 1. The van der Waals surface area contributed by atoms with Crippen molar-refractivity contribution in [1.29, 1.82) is 0 Å². The van der Waals surface area contributed by atoms with E-state index in [1.807, 2.05) is 0 Å². The van der Waals surface area contributed by atoms with Gasteiger partial charge in [-0.1, -0.05) is 23.2 Å². The number of halogens is 4. The van der Waals surface area contributed by atoms with Crippen molar-refractivity contribution in [3.8, 4) is 0 Å². The van der Waals surface area contributed by atoms with Gasteiger partial charge in [-0.05, 0) is 23.8 Å². The van der Waals surface area contributed by atoms with Crippen LogP contribution in [0.15, 0.2) is 18.2 Å². The Balaban J connectivity index is 3.10. The third kappa shape index (κ3) is 2.78. The average molecular weight is 256 g/mol. The van der Waals surface area contributed by atoms with Crippen LogP contribution in [0.1, 0.15) is 11.6 Å². The summed E-state index contributed by atoms with van der Waals surface area (Å²) in [6.07, 6.45) is 0. The Morgan fingerprint density at radius 3 is 2.53 bits per heavy atom. The highest BCUT2D eigenvalue weighted by atomic mass is 35.5. The molecule has 0 aliphatic heterocycles. The molecule has 6 heteroatoms. The van der Waals surface area contributed by atoms with Crippen molar-refractivity contribution in [3.05, 3.63) is 33.8 Å². The van der Waals surface area contributed by atoms with Gasteiger partial charge in [0.15, 0.2) is 0 Å². The Morgan fingerprint density at radius 1 is 1.40 bits per heavy atom. The van der Waals surface area contributed by atoms with Gasteiger partial charge in [-0.15, -0.1) is 0 Å². The number of alkyl halides is 2. The van der Waals surface area contributed by atoms with E-state index >= 15 is 0 Å². The molecule has 1 aromatic rings. The first-order valence-electron chi connectivity index (χ1n) is 4.07. The highest BCUT2D eigenvalue weighted by Gasteiger charge is 2.38. The lowest BCUT2D eigenvalue weighted by atomic mass is 10.0. The van der Waals surface area contributed by atoms with Gasteiger partial charge < -0.3 is 10.8 Å². The molecule has 0 unspecified atom stereocenters. The summed E-state index contributed by atoms with van der Waals surface area (Å²) in [5, 5.41) is 8.84. The minimum absolute atomic E-state index is 0.0169. The Morgan fingerprint density at radius 2 is 2.00 bits per heavy atom. The van der Waals surface area contributed by atoms with E-state index in [1.54, 1.807) is 0 Å². The zero-order valence-electron chi connectivity index (χ0n) is 7.55. The number of rotatable bonds is 3. The van der Waals surface area contributed by atoms with E-state index in [0.717, 1.165) is 0 Å². The minimum Gasteiger partial charge on any atom is -0.390 e. The fraction of sp³-hybridized carbons (Fsp3) is 0.333. The quantitative estimate of drug-likeness (QED) is 0.873. The van der Waals surface area contributed by atoms with Crippen molar-refractivity contribution in [1.82, 2.24) is 0 Å². The second kappa shape index (κ2) is 4.61. The van der Waals surface area contributed by atoms with Gasteiger partial charge in [-0.25, -0.2) is 8.78 Å². The van der Waals surface area contributed by atoms with E-state index < -0.39 is 18.6 Å². The van der Waals surface area contributed by atoms with Crippen molar-refractivity contribution < 1.29 is 13.9 Å². The Labute approximate surface area is 95.6 Å². The van der Waals surface area contributed by atoms with Gasteiger partial charge in [-0.2, -0.15) is 0 Å². The van der Waals surface area contributed by atoms with Crippen LogP contribution >= 0.6 is 23.2 Å². The zero-order valence-corrected chi connectivity index (χ0v) is 9.06. The molecule has 0 saturated carbocycles. The standard InChI is InChI=1S/C9H9Cl2F2NO/c10-5-1-2-7(11)6(3-5)8(14)9(12,13)4-15/h1-3,8,15H,4,14H2/t8-/m1/s1. The molecule has 1 atom stereocenters. The van der Waals surface area contributed by atoms with Crippen molar-refractivity contribution >= 4 is 23.2 Å². The minimum atomic E-state index is -3.42. The number of benzene rings is 1. The smallest absolute Gasteiger partial charge is 0.289 e. The molecule has 0 aliphatic carbocycles. The van der Waals surface area contributed by atoms with Crippen LogP contribution in [-0.4, -0.2) is 17.6 Å². The van der Waals surface area contributed by atoms with Crippen LogP contribution in [0.4, 0.5) is 8.78 Å². The predicted molar refractivity (Wildman–Crippen MR) is 55.4 cm³/mol. The molecule has 0 aliphatic rings. The number of hydrogen-bond donors (Lipinski definition) is 2. The summed E-state index contributed by atoms with van der Waals surface area (Å²) in [6, 6.07) is 2.44. The molecule has 0 amide bonds. The maximum atomic E-state index is 13.1. The fourth-order valence-corrected chi connectivity index (χ4v) is 1.49. The lowest BCUT2D eigenvalue weighted by Gasteiger charge is -2.22. The topological polar surface area (TPSA) is 46.2 Å². The first-order valence-corrected chi connectivity index (χ1v) is 4.83. The van der Waals surface area contributed by atoms with Crippen LogP contribution in [0.5, 0.6) is 0 Å². The van der Waals surface area contributed by atoms with Gasteiger partial charge in [0, 0.05) is 10.0 Å². The molecular formula is C9H9Cl2F2NO. The molecule has 0 spiro atoms. The van der Waals surface area contributed by atoms with Crippen molar-refractivity contribution in [2.75, 3.05) is 6.61 Å². The van der Waals surface area contributed by atoms with Gasteiger partial charge in [0.25, 0.3) is 5.92 Å². The molecular weight excluding hydrogens is 247 g/mol. The van der Waals surface area contributed by atoms with Gasteiger partial charge in [0.05, 0.1) is 6.04 Å². The van der Waals surface area contributed by atoms with E-state index in [2.05, 4.69) is 0 Å². The first-order chi connectivity index (χ1) is 6.88. The molecule has 2 nitrogen and oxygen atoms in total. The molecule has 0 bridgehead atoms. The van der Waals surface area contributed by atoms with Crippen LogP contribution in [0.25, 0.3) is 0 Å². The highest BCUT2D eigenvalue weighted by molar-refractivity contribution is 6.33. The summed E-state index contributed by atoms with van der Waals surface area (Å²) in [5.41, 5.74) is 5.32. The van der Waals surface area contributed by atoms with Gasteiger partial charge in [0.1, 0.15) is 6.61 Å². The molecule has 84 valence electrons. The van der Waals surface area contributed by atoms with Gasteiger partial charge >= 0.3 is 0 Å². The van der Waals surface area contributed by atoms with E-state index in [1.165, 1.54) is 18.2 Å².